The van der Waals surface area contributed by atoms with Gasteiger partial charge in [0.15, 0.2) is 0 Å². The van der Waals surface area contributed by atoms with Gasteiger partial charge in [0.05, 0.1) is 24.9 Å². The van der Waals surface area contributed by atoms with Crippen molar-refractivity contribution in [3.63, 3.8) is 0 Å². The van der Waals surface area contributed by atoms with Gasteiger partial charge in [0.25, 0.3) is 0 Å². The van der Waals surface area contributed by atoms with Gasteiger partial charge in [-0.3, -0.25) is 0 Å². The summed E-state index contributed by atoms with van der Waals surface area (Å²) >= 11 is 0. The van der Waals surface area contributed by atoms with Crippen LogP contribution in [0.4, 0.5) is 0 Å². The van der Waals surface area contributed by atoms with Crippen LogP contribution in [0.5, 0.6) is 0 Å². The van der Waals surface area contributed by atoms with Gasteiger partial charge in [-0.1, -0.05) is 71.3 Å². The maximum absolute atomic E-state index is 10.7. The van der Waals surface area contributed by atoms with E-state index in [9.17, 15) is 15.3 Å². The Morgan fingerprint density at radius 3 is 2.39 bits per heavy atom. The zero-order valence-electron chi connectivity index (χ0n) is 25.5. The lowest BCUT2D eigenvalue weighted by Gasteiger charge is -2.44. The Hall–Kier alpha value is -1.10. The molecule has 1 heterocycles. The fourth-order valence-corrected chi connectivity index (χ4v) is 7.80. The van der Waals surface area contributed by atoms with Crippen molar-refractivity contribution in [2.24, 2.45) is 29.1 Å². The van der Waals surface area contributed by atoms with Crippen LogP contribution in [-0.4, -0.2) is 80.2 Å². The topological polar surface area (TPSA) is 154 Å². The number of ether oxygens (including phenoxy) is 1. The minimum absolute atomic E-state index is 0.420. The number of aliphatic hydroxyl groups excluding tert-OH is 6. The van der Waals surface area contributed by atoms with Crippen LogP contribution in [0.1, 0.15) is 91.9 Å². The summed E-state index contributed by atoms with van der Waals surface area (Å²) in [4.78, 5) is 0. The van der Waals surface area contributed by atoms with Crippen LogP contribution in [-0.2, 0) is 4.74 Å². The van der Waals surface area contributed by atoms with Crippen LogP contribution < -0.4 is 5.11 Å². The summed E-state index contributed by atoms with van der Waals surface area (Å²) in [5.41, 5.74) is 3.88. The van der Waals surface area contributed by atoms with Crippen molar-refractivity contribution in [3.05, 3.63) is 35.5 Å². The summed E-state index contributed by atoms with van der Waals surface area (Å²) in [5, 5.41) is 66.5. The lowest BCUT2D eigenvalue weighted by atomic mass is 9.60. The second kappa shape index (κ2) is 15.1. The van der Waals surface area contributed by atoms with Gasteiger partial charge in [0, 0.05) is 12.7 Å². The summed E-state index contributed by atoms with van der Waals surface area (Å²) in [6.07, 6.45) is 7.62. The van der Waals surface area contributed by atoms with Crippen molar-refractivity contribution in [2.75, 3.05) is 6.61 Å². The highest BCUT2D eigenvalue weighted by atomic mass is 16.6. The number of allylic oxidation sites excluding steroid dienone is 3. The standard InChI is InChI=1S/C27H44O2.C6H11O6/c1-18(2)8-6-9-19(3)24-13-14-25-21(10-7-15-27(24,25)5)11-12-22-16-23(28)17-26(29)20(22)4;7-1-2-3(8)4(9)5(10)6(11)12-2/h11-12,18-19,23-26,28-29H,4,6-10,13-17H2,1-3,5H3;2-10H,1H2/q;-1/b21-11+,22-12-;/t19-,23-,24-,25+,26+,27-;2-,3+,4+,5-,6?/m11/s1. The van der Waals surface area contributed by atoms with E-state index >= 15 is 0 Å². The maximum atomic E-state index is 10.7. The summed E-state index contributed by atoms with van der Waals surface area (Å²) in [6.45, 7) is 13.3. The molecule has 0 aromatic rings. The van der Waals surface area contributed by atoms with Crippen LogP contribution in [0.3, 0.4) is 0 Å². The molecule has 236 valence electrons. The van der Waals surface area contributed by atoms with Crippen LogP contribution in [0.15, 0.2) is 35.5 Å². The average molecular weight is 580 g/mol. The van der Waals surface area contributed by atoms with Crippen molar-refractivity contribution < 1.29 is 40.5 Å². The van der Waals surface area contributed by atoms with Gasteiger partial charge in [-0.05, 0) is 78.8 Å². The van der Waals surface area contributed by atoms with Crippen LogP contribution >= 0.6 is 0 Å². The van der Waals surface area contributed by atoms with Gasteiger partial charge in [-0.25, -0.2) is 0 Å². The first-order chi connectivity index (χ1) is 19.3. The first-order valence-corrected chi connectivity index (χ1v) is 15.7. The molecule has 1 saturated heterocycles. The predicted octanol–water partition coefficient (Wildman–Crippen LogP) is 2.74. The molecule has 3 saturated carbocycles. The van der Waals surface area contributed by atoms with E-state index in [1.54, 1.807) is 5.57 Å². The Bertz CT molecular complexity index is 910. The number of aliphatic hydroxyl groups is 6. The molecule has 4 aliphatic rings. The second-order valence-corrected chi connectivity index (χ2v) is 13.7. The monoisotopic (exact) mass is 579 g/mol. The van der Waals surface area contributed by atoms with Gasteiger partial charge in [-0.15, -0.1) is 0 Å². The fraction of sp³-hybridized carbons (Fsp3) is 0.818. The highest BCUT2D eigenvalue weighted by Gasteiger charge is 2.50. The normalized spacial score (nSPS) is 42.2. The average Bonchev–Trinajstić information content (AvgIpc) is 3.28. The third-order valence-corrected chi connectivity index (χ3v) is 10.3. The molecule has 41 heavy (non-hydrogen) atoms. The Morgan fingerprint density at radius 1 is 1.02 bits per heavy atom. The van der Waals surface area contributed by atoms with E-state index in [1.165, 1.54) is 51.4 Å². The minimum Gasteiger partial charge on any atom is -0.829 e. The van der Waals surface area contributed by atoms with Gasteiger partial charge >= 0.3 is 0 Å². The summed E-state index contributed by atoms with van der Waals surface area (Å²) in [6, 6.07) is 0. The van der Waals surface area contributed by atoms with E-state index in [0.717, 1.165) is 28.9 Å². The maximum Gasteiger partial charge on any atom is 0.111 e. The van der Waals surface area contributed by atoms with Crippen molar-refractivity contribution in [1.29, 1.82) is 0 Å². The molecular weight excluding hydrogens is 524 g/mol. The molecule has 0 bridgehead atoms. The quantitative estimate of drug-likeness (QED) is 0.269. The third-order valence-electron chi connectivity index (χ3n) is 10.3. The van der Waals surface area contributed by atoms with E-state index in [4.69, 9.17) is 20.4 Å². The van der Waals surface area contributed by atoms with E-state index in [1.807, 2.05) is 0 Å². The Morgan fingerprint density at radius 2 is 1.73 bits per heavy atom. The molecule has 0 aromatic carbocycles. The number of hydrogen-bond donors (Lipinski definition) is 6. The molecule has 0 aromatic heterocycles. The zero-order valence-corrected chi connectivity index (χ0v) is 25.5. The Balaban J connectivity index is 0.000000322. The first kappa shape index (κ1) is 34.4. The van der Waals surface area contributed by atoms with Crippen LogP contribution in [0.2, 0.25) is 0 Å². The zero-order chi connectivity index (χ0) is 30.5. The van der Waals surface area contributed by atoms with E-state index in [2.05, 4.69) is 51.2 Å². The van der Waals surface area contributed by atoms with E-state index in [0.29, 0.717) is 24.2 Å². The van der Waals surface area contributed by atoms with Crippen LogP contribution in [0.25, 0.3) is 0 Å². The van der Waals surface area contributed by atoms with E-state index < -0.39 is 49.5 Å². The molecule has 1 unspecified atom stereocenters. The van der Waals surface area contributed by atoms with Gasteiger partial charge in [-0.2, -0.15) is 0 Å². The molecule has 0 spiro atoms. The molecular formula is C33H55O8-. The smallest absolute Gasteiger partial charge is 0.111 e. The molecule has 0 amide bonds. The van der Waals surface area contributed by atoms with Crippen molar-refractivity contribution in [3.8, 4) is 0 Å². The number of rotatable bonds is 7. The highest BCUT2D eigenvalue weighted by Crippen LogP contribution is 2.60. The molecule has 0 radical (unpaired) electrons. The highest BCUT2D eigenvalue weighted by molar-refractivity contribution is 5.38. The molecule has 1 aliphatic heterocycles. The Kier molecular flexibility index (Phi) is 12.6. The lowest BCUT2D eigenvalue weighted by molar-refractivity contribution is -0.532. The summed E-state index contributed by atoms with van der Waals surface area (Å²) in [7, 11) is 0. The molecule has 8 heteroatoms. The fourth-order valence-electron chi connectivity index (χ4n) is 7.80. The molecule has 3 aliphatic carbocycles. The molecule has 8 nitrogen and oxygen atoms in total. The molecule has 4 fully saturated rings. The number of hydrogen-bond acceptors (Lipinski definition) is 8. The summed E-state index contributed by atoms with van der Waals surface area (Å²) < 4.78 is 4.46. The van der Waals surface area contributed by atoms with Crippen molar-refractivity contribution >= 4 is 0 Å². The summed E-state index contributed by atoms with van der Waals surface area (Å²) in [5.74, 6) is 3.20. The second-order valence-electron chi connectivity index (χ2n) is 13.7. The van der Waals surface area contributed by atoms with Gasteiger partial charge < -0.3 is 40.5 Å². The first-order valence-electron chi connectivity index (χ1n) is 15.7. The predicted molar refractivity (Wildman–Crippen MR) is 156 cm³/mol. The SMILES string of the molecule is C=C1/C(=C\C=C2/CCC[C@]3(C)[C@@H]([C@H](C)CCCC(C)C)CC[C@@H]23)C[C@@H](O)C[C@@H]1O.[O-]C1O[C@H](CO)[C@H](O)[C@H](O)[C@H]1O. The lowest BCUT2D eigenvalue weighted by Crippen LogP contribution is -2.62. The molecule has 4 rings (SSSR count). The molecule has 6 N–H and O–H groups in total. The third kappa shape index (κ3) is 8.30. The Labute approximate surface area is 246 Å². The van der Waals surface area contributed by atoms with Crippen LogP contribution in [0, 0.1) is 29.1 Å². The van der Waals surface area contributed by atoms with Gasteiger partial charge in [0.2, 0.25) is 0 Å². The van der Waals surface area contributed by atoms with Crippen molar-refractivity contribution in [2.45, 2.75) is 135 Å². The van der Waals surface area contributed by atoms with E-state index in [-0.39, 0.29) is 0 Å². The van der Waals surface area contributed by atoms with Crippen molar-refractivity contribution in [1.82, 2.24) is 0 Å². The largest absolute Gasteiger partial charge is 0.829 e. The minimum atomic E-state index is -1.82. The number of fused-ring (bicyclic) bond motifs is 1. The molecule has 11 atom stereocenters. The van der Waals surface area contributed by atoms with Gasteiger partial charge in [0.1, 0.15) is 18.3 Å².